The van der Waals surface area contributed by atoms with E-state index in [0.717, 1.165) is 18.6 Å². The van der Waals surface area contributed by atoms with Crippen LogP contribution in [0.1, 0.15) is 16.8 Å². The predicted molar refractivity (Wildman–Crippen MR) is 109 cm³/mol. The van der Waals surface area contributed by atoms with Crippen LogP contribution in [0, 0.1) is 5.92 Å². The van der Waals surface area contributed by atoms with E-state index in [-0.39, 0.29) is 6.61 Å². The Morgan fingerprint density at radius 1 is 1.14 bits per heavy atom. The second-order valence-electron chi connectivity index (χ2n) is 7.13. The molecule has 0 saturated heterocycles. The average Bonchev–Trinajstić information content (AvgIpc) is 3.19. The Morgan fingerprint density at radius 2 is 1.82 bits per heavy atom. The van der Waals surface area contributed by atoms with Gasteiger partial charge in [0, 0.05) is 30.3 Å². The zero-order chi connectivity index (χ0) is 20.3. The Morgan fingerprint density at radius 3 is 2.46 bits per heavy atom. The Hall–Kier alpha value is -2.35. The van der Waals surface area contributed by atoms with Gasteiger partial charge in [-0.05, 0) is 54.2 Å². The number of aromatic nitrogens is 1. The predicted octanol–water partition coefficient (Wildman–Crippen LogP) is 2.97. The van der Waals surface area contributed by atoms with Gasteiger partial charge in [0.05, 0.1) is 6.26 Å². The summed E-state index contributed by atoms with van der Waals surface area (Å²) in [6.45, 7) is 0.847. The van der Waals surface area contributed by atoms with Crippen molar-refractivity contribution in [2.75, 3.05) is 12.9 Å². The van der Waals surface area contributed by atoms with Crippen LogP contribution in [0.25, 0.3) is 10.9 Å². The van der Waals surface area contributed by atoms with E-state index in [1.54, 1.807) is 0 Å². The molecule has 0 fully saturated rings. The summed E-state index contributed by atoms with van der Waals surface area (Å²) in [5, 5.41) is 10.8. The molecule has 1 aliphatic rings. The molecule has 0 amide bonds. The molecule has 2 N–H and O–H groups in total. The van der Waals surface area contributed by atoms with Gasteiger partial charge in [0.2, 0.25) is 0 Å². The molecule has 0 radical (unpaired) electrons. The lowest BCUT2D eigenvalue weighted by Gasteiger charge is -2.09. The van der Waals surface area contributed by atoms with Crippen LogP contribution in [-0.2, 0) is 36.6 Å². The van der Waals surface area contributed by atoms with E-state index in [9.17, 15) is 13.5 Å². The molecule has 0 spiro atoms. The van der Waals surface area contributed by atoms with Crippen LogP contribution in [0.5, 0.6) is 5.75 Å². The number of rotatable bonds is 4. The molecule has 4 rings (SSSR count). The van der Waals surface area contributed by atoms with Gasteiger partial charge in [-0.2, -0.15) is 8.42 Å². The first-order valence-corrected chi connectivity index (χ1v) is 10.9. The normalized spacial score (nSPS) is 15.8. The summed E-state index contributed by atoms with van der Waals surface area (Å²) in [5.74, 6) is 1.27. The summed E-state index contributed by atoms with van der Waals surface area (Å²) in [6, 6.07) is 16.5. The maximum absolute atomic E-state index is 9.46. The topological polar surface area (TPSA) is 88.8 Å². The van der Waals surface area contributed by atoms with E-state index >= 15 is 0 Å². The number of aliphatic hydroxyl groups is 1. The summed E-state index contributed by atoms with van der Waals surface area (Å²) >= 11 is 0. The molecular formula is C21H25NO5S. The molecule has 1 heterocycles. The van der Waals surface area contributed by atoms with Crippen LogP contribution < -0.4 is 4.74 Å². The number of benzene rings is 2. The van der Waals surface area contributed by atoms with Crippen LogP contribution in [0.3, 0.4) is 0 Å². The van der Waals surface area contributed by atoms with Crippen molar-refractivity contribution in [3.63, 3.8) is 0 Å². The minimum absolute atomic E-state index is 0.271. The van der Waals surface area contributed by atoms with Gasteiger partial charge in [-0.1, -0.05) is 24.3 Å². The second kappa shape index (κ2) is 8.34. The van der Waals surface area contributed by atoms with Gasteiger partial charge < -0.3 is 14.4 Å². The average molecular weight is 404 g/mol. The highest BCUT2D eigenvalue weighted by Crippen LogP contribution is 2.35. The highest BCUT2D eigenvalue weighted by atomic mass is 32.2. The van der Waals surface area contributed by atoms with E-state index in [1.165, 1.54) is 27.7 Å². The Kier molecular flexibility index (Phi) is 6.07. The number of hydrogen-bond donors (Lipinski definition) is 2. The quantitative estimate of drug-likeness (QED) is 0.654. The highest BCUT2D eigenvalue weighted by Gasteiger charge is 2.26. The first-order valence-electron chi connectivity index (χ1n) is 9.06. The van der Waals surface area contributed by atoms with Crippen molar-refractivity contribution >= 4 is 21.0 Å². The van der Waals surface area contributed by atoms with Crippen molar-refractivity contribution in [3.05, 3.63) is 65.4 Å². The number of aliphatic hydroxyl groups excluding tert-OH is 1. The first-order chi connectivity index (χ1) is 13.3. The molecule has 150 valence electrons. The minimum atomic E-state index is -3.67. The van der Waals surface area contributed by atoms with Gasteiger partial charge in [-0.25, -0.2) is 0 Å². The summed E-state index contributed by atoms with van der Waals surface area (Å²) in [7, 11) is -1.54. The molecule has 28 heavy (non-hydrogen) atoms. The van der Waals surface area contributed by atoms with Gasteiger partial charge in [0.25, 0.3) is 10.1 Å². The van der Waals surface area contributed by atoms with Crippen LogP contribution >= 0.6 is 0 Å². The zero-order valence-corrected chi connectivity index (χ0v) is 16.8. The van der Waals surface area contributed by atoms with E-state index in [4.69, 9.17) is 9.29 Å². The number of ether oxygens (including phenoxy) is 1. The number of para-hydroxylation sites is 1. The Balaban J connectivity index is 0.000000403. The van der Waals surface area contributed by atoms with E-state index in [2.05, 4.69) is 29.8 Å². The molecule has 6 nitrogen and oxygen atoms in total. The van der Waals surface area contributed by atoms with Crippen molar-refractivity contribution in [2.24, 2.45) is 13.0 Å². The maximum Gasteiger partial charge on any atom is 0.261 e. The summed E-state index contributed by atoms with van der Waals surface area (Å²) in [6.07, 6.45) is 2.67. The molecule has 1 aromatic heterocycles. The van der Waals surface area contributed by atoms with Crippen LogP contribution in [-0.4, -0.2) is 35.5 Å². The van der Waals surface area contributed by atoms with E-state index < -0.39 is 10.1 Å². The van der Waals surface area contributed by atoms with Crippen molar-refractivity contribution in [1.82, 2.24) is 4.57 Å². The van der Waals surface area contributed by atoms with Crippen molar-refractivity contribution in [2.45, 2.75) is 19.4 Å². The summed E-state index contributed by atoms with van der Waals surface area (Å²) in [5.41, 5.74) is 5.24. The molecule has 0 saturated carbocycles. The smallest absolute Gasteiger partial charge is 0.261 e. The lowest BCUT2D eigenvalue weighted by molar-refractivity contribution is 0.231. The Bertz CT molecular complexity index is 1050. The fraction of sp³-hybridized carbons (Fsp3) is 0.333. The van der Waals surface area contributed by atoms with Crippen LogP contribution in [0.2, 0.25) is 0 Å². The third kappa shape index (κ3) is 4.92. The third-order valence-electron chi connectivity index (χ3n) is 4.88. The third-order valence-corrected chi connectivity index (χ3v) is 4.88. The van der Waals surface area contributed by atoms with Crippen molar-refractivity contribution in [3.8, 4) is 5.75 Å². The van der Waals surface area contributed by atoms with E-state index in [1.807, 2.05) is 30.3 Å². The molecule has 0 aliphatic heterocycles. The molecule has 3 aromatic rings. The minimum Gasteiger partial charge on any atom is -0.489 e. The molecule has 2 aromatic carbocycles. The van der Waals surface area contributed by atoms with Gasteiger partial charge in [-0.15, -0.1) is 0 Å². The SMILES string of the molecule is CS(=O)(=O)O.Cn1c2c(c3cc(COc4ccccc4)ccc31)CC(CO)C2. The number of fused-ring (bicyclic) bond motifs is 3. The molecule has 1 atom stereocenters. The lowest BCUT2D eigenvalue weighted by atomic mass is 10.0. The second-order valence-corrected chi connectivity index (χ2v) is 8.59. The lowest BCUT2D eigenvalue weighted by Crippen LogP contribution is -2.07. The highest BCUT2D eigenvalue weighted by molar-refractivity contribution is 7.85. The largest absolute Gasteiger partial charge is 0.489 e. The van der Waals surface area contributed by atoms with Gasteiger partial charge in [0.1, 0.15) is 12.4 Å². The fourth-order valence-corrected chi connectivity index (χ4v) is 3.65. The van der Waals surface area contributed by atoms with Gasteiger partial charge in [0.15, 0.2) is 0 Å². The summed E-state index contributed by atoms with van der Waals surface area (Å²) < 4.78 is 34.0. The van der Waals surface area contributed by atoms with Gasteiger partial charge >= 0.3 is 0 Å². The Labute approximate surface area is 165 Å². The van der Waals surface area contributed by atoms with Crippen molar-refractivity contribution < 1.29 is 22.8 Å². The molecule has 0 bridgehead atoms. The molecule has 7 heteroatoms. The van der Waals surface area contributed by atoms with Crippen LogP contribution in [0.15, 0.2) is 48.5 Å². The summed E-state index contributed by atoms with van der Waals surface area (Å²) in [4.78, 5) is 0. The zero-order valence-electron chi connectivity index (χ0n) is 16.0. The molecular weight excluding hydrogens is 378 g/mol. The standard InChI is InChI=1S/C20H21NO2.CH4O3S/c1-21-19-8-7-14(13-23-16-5-3-2-4-6-16)9-17(19)18-10-15(12-22)11-20(18)21;1-5(2,3)4/h2-9,15,22H,10-13H2,1H3;1H3,(H,2,3,4). The molecule has 1 unspecified atom stereocenters. The number of aryl methyl sites for hydroxylation is 1. The maximum atomic E-state index is 9.46. The first kappa shape index (κ1) is 20.4. The van der Waals surface area contributed by atoms with Crippen molar-refractivity contribution in [1.29, 1.82) is 0 Å². The van der Waals surface area contributed by atoms with Crippen LogP contribution in [0.4, 0.5) is 0 Å². The number of hydrogen-bond acceptors (Lipinski definition) is 4. The van der Waals surface area contributed by atoms with E-state index in [0.29, 0.717) is 18.8 Å². The number of nitrogens with zero attached hydrogens (tertiary/aromatic N) is 1. The molecule has 1 aliphatic carbocycles. The fourth-order valence-electron chi connectivity index (χ4n) is 3.65. The monoisotopic (exact) mass is 403 g/mol. The van der Waals surface area contributed by atoms with Gasteiger partial charge in [-0.3, -0.25) is 4.55 Å².